The average molecular weight is 449 g/mol. The molecule has 2 aromatic heterocycles. The van der Waals surface area contributed by atoms with Crippen LogP contribution in [0.1, 0.15) is 11.4 Å². The number of hydrogen-bond donors (Lipinski definition) is 0. The fourth-order valence-corrected chi connectivity index (χ4v) is 4.58. The van der Waals surface area contributed by atoms with E-state index in [-0.39, 0.29) is 0 Å². The third kappa shape index (κ3) is 4.24. The SMILES string of the molecule is CS(=O)(=O)c1ccc(-c2cccc3nc(Cc4ccc(N5CCOCC5)cc4)nn23)cc1. The average Bonchev–Trinajstić information content (AvgIpc) is 3.22. The lowest BCUT2D eigenvalue weighted by atomic mass is 10.1. The molecular weight excluding hydrogens is 424 g/mol. The number of sulfone groups is 1. The van der Waals surface area contributed by atoms with E-state index in [0.29, 0.717) is 11.3 Å². The highest BCUT2D eigenvalue weighted by Gasteiger charge is 2.13. The first-order valence-corrected chi connectivity index (χ1v) is 12.4. The van der Waals surface area contributed by atoms with Crippen molar-refractivity contribution in [3.8, 4) is 11.3 Å². The van der Waals surface area contributed by atoms with Gasteiger partial charge >= 0.3 is 0 Å². The zero-order valence-electron chi connectivity index (χ0n) is 17.8. The molecule has 32 heavy (non-hydrogen) atoms. The topological polar surface area (TPSA) is 76.8 Å². The van der Waals surface area contributed by atoms with Crippen LogP contribution in [0.5, 0.6) is 0 Å². The van der Waals surface area contributed by atoms with E-state index in [1.54, 1.807) is 24.3 Å². The second-order valence-electron chi connectivity index (χ2n) is 7.95. The van der Waals surface area contributed by atoms with E-state index in [0.717, 1.165) is 54.6 Å². The quantitative estimate of drug-likeness (QED) is 0.467. The molecule has 0 radical (unpaired) electrons. The Morgan fingerprint density at radius 3 is 2.34 bits per heavy atom. The standard InChI is InChI=1S/C24H24N4O3S/c1-32(29,30)21-11-7-19(8-12-21)22-3-2-4-24-25-23(26-28(22)24)17-18-5-9-20(10-6-18)27-13-15-31-16-14-27/h2-12H,13-17H2,1H3. The minimum Gasteiger partial charge on any atom is -0.378 e. The summed E-state index contributed by atoms with van der Waals surface area (Å²) in [6.07, 6.45) is 1.84. The van der Waals surface area contributed by atoms with Gasteiger partial charge in [0, 0.05) is 37.0 Å². The van der Waals surface area contributed by atoms with E-state index >= 15 is 0 Å². The van der Waals surface area contributed by atoms with E-state index in [2.05, 4.69) is 29.2 Å². The maximum atomic E-state index is 11.7. The molecule has 5 rings (SSSR count). The van der Waals surface area contributed by atoms with Crippen molar-refractivity contribution in [1.29, 1.82) is 0 Å². The summed E-state index contributed by atoms with van der Waals surface area (Å²) in [5.74, 6) is 0.740. The zero-order chi connectivity index (χ0) is 22.1. The lowest BCUT2D eigenvalue weighted by molar-refractivity contribution is 0.122. The lowest BCUT2D eigenvalue weighted by Crippen LogP contribution is -2.36. The van der Waals surface area contributed by atoms with Crippen LogP contribution in [-0.2, 0) is 21.0 Å². The van der Waals surface area contributed by atoms with Crippen molar-refractivity contribution in [2.45, 2.75) is 11.3 Å². The summed E-state index contributed by atoms with van der Waals surface area (Å²) in [6, 6.07) is 21.2. The first-order chi connectivity index (χ1) is 15.5. The largest absolute Gasteiger partial charge is 0.378 e. The monoisotopic (exact) mass is 448 g/mol. The minimum absolute atomic E-state index is 0.299. The van der Waals surface area contributed by atoms with Gasteiger partial charge in [-0.15, -0.1) is 0 Å². The number of pyridine rings is 1. The van der Waals surface area contributed by atoms with E-state index in [1.165, 1.54) is 11.9 Å². The van der Waals surface area contributed by atoms with Gasteiger partial charge in [0.2, 0.25) is 0 Å². The van der Waals surface area contributed by atoms with Crippen molar-refractivity contribution in [2.24, 2.45) is 0 Å². The van der Waals surface area contributed by atoms with Crippen LogP contribution in [0.3, 0.4) is 0 Å². The van der Waals surface area contributed by atoms with Gasteiger partial charge in [0.15, 0.2) is 21.3 Å². The molecule has 164 valence electrons. The van der Waals surface area contributed by atoms with Crippen molar-refractivity contribution >= 4 is 21.2 Å². The van der Waals surface area contributed by atoms with Crippen molar-refractivity contribution in [1.82, 2.24) is 14.6 Å². The Kier molecular flexibility index (Phi) is 5.40. The predicted molar refractivity (Wildman–Crippen MR) is 124 cm³/mol. The van der Waals surface area contributed by atoms with Gasteiger partial charge in [-0.2, -0.15) is 5.10 Å². The Morgan fingerprint density at radius 1 is 0.938 bits per heavy atom. The number of fused-ring (bicyclic) bond motifs is 1. The van der Waals surface area contributed by atoms with Gasteiger partial charge < -0.3 is 9.64 Å². The van der Waals surface area contributed by atoms with Gasteiger partial charge in [-0.3, -0.25) is 0 Å². The fraction of sp³-hybridized carbons (Fsp3) is 0.250. The van der Waals surface area contributed by atoms with Crippen LogP contribution >= 0.6 is 0 Å². The Hall–Kier alpha value is -3.23. The first-order valence-electron chi connectivity index (χ1n) is 10.5. The maximum Gasteiger partial charge on any atom is 0.175 e. The predicted octanol–water partition coefficient (Wildman–Crippen LogP) is 3.23. The summed E-state index contributed by atoms with van der Waals surface area (Å²) in [7, 11) is -3.23. The molecule has 3 heterocycles. The molecule has 1 fully saturated rings. The molecule has 0 aliphatic carbocycles. The summed E-state index contributed by atoms with van der Waals surface area (Å²) in [5.41, 5.74) is 4.87. The summed E-state index contributed by atoms with van der Waals surface area (Å²) < 4.78 is 30.7. The molecule has 0 amide bonds. The summed E-state index contributed by atoms with van der Waals surface area (Å²) in [6.45, 7) is 3.38. The second kappa shape index (κ2) is 8.37. The van der Waals surface area contributed by atoms with Gasteiger partial charge in [-0.25, -0.2) is 17.9 Å². The molecule has 7 nitrogen and oxygen atoms in total. The summed E-state index contributed by atoms with van der Waals surface area (Å²) in [4.78, 5) is 7.32. The van der Waals surface area contributed by atoms with Crippen LogP contribution in [0, 0.1) is 0 Å². The number of nitrogens with zero attached hydrogens (tertiary/aromatic N) is 4. The number of anilines is 1. The van der Waals surface area contributed by atoms with Gasteiger partial charge in [-0.1, -0.05) is 30.3 Å². The Morgan fingerprint density at radius 2 is 1.66 bits per heavy atom. The minimum atomic E-state index is -3.23. The fourth-order valence-electron chi connectivity index (χ4n) is 3.94. The molecule has 4 aromatic rings. The van der Waals surface area contributed by atoms with Crippen molar-refractivity contribution in [2.75, 3.05) is 37.5 Å². The molecule has 0 saturated carbocycles. The highest BCUT2D eigenvalue weighted by atomic mass is 32.2. The Balaban J connectivity index is 1.39. The smallest absolute Gasteiger partial charge is 0.175 e. The van der Waals surface area contributed by atoms with Crippen LogP contribution in [-0.4, -0.2) is 55.6 Å². The number of aromatic nitrogens is 3. The number of benzene rings is 2. The molecule has 1 aliphatic rings. The Labute approximate surface area is 187 Å². The highest BCUT2D eigenvalue weighted by molar-refractivity contribution is 7.90. The molecule has 2 aromatic carbocycles. The maximum absolute atomic E-state index is 11.7. The van der Waals surface area contributed by atoms with Gasteiger partial charge in [0.1, 0.15) is 0 Å². The molecule has 8 heteroatoms. The highest BCUT2D eigenvalue weighted by Crippen LogP contribution is 2.23. The van der Waals surface area contributed by atoms with E-state index in [9.17, 15) is 8.42 Å². The number of morpholine rings is 1. The van der Waals surface area contributed by atoms with Gasteiger partial charge in [-0.05, 0) is 42.0 Å². The van der Waals surface area contributed by atoms with Crippen LogP contribution in [0.15, 0.2) is 71.6 Å². The molecule has 0 bridgehead atoms. The zero-order valence-corrected chi connectivity index (χ0v) is 18.6. The molecule has 0 N–H and O–H groups in total. The van der Waals surface area contributed by atoms with Gasteiger partial charge in [0.05, 0.1) is 23.8 Å². The lowest BCUT2D eigenvalue weighted by Gasteiger charge is -2.28. The Bertz CT molecular complexity index is 1340. The molecule has 1 aliphatic heterocycles. The molecular formula is C24H24N4O3S. The molecule has 0 atom stereocenters. The van der Waals surface area contributed by atoms with E-state index in [4.69, 9.17) is 14.8 Å². The number of rotatable bonds is 5. The summed E-state index contributed by atoms with van der Waals surface area (Å²) >= 11 is 0. The molecule has 0 unspecified atom stereocenters. The third-order valence-electron chi connectivity index (χ3n) is 5.66. The molecule has 1 saturated heterocycles. The van der Waals surface area contributed by atoms with Crippen LogP contribution < -0.4 is 4.90 Å². The summed E-state index contributed by atoms with van der Waals surface area (Å²) in [5, 5.41) is 4.73. The van der Waals surface area contributed by atoms with E-state index < -0.39 is 9.84 Å². The van der Waals surface area contributed by atoms with Crippen molar-refractivity contribution < 1.29 is 13.2 Å². The number of ether oxygens (including phenoxy) is 1. The normalized spacial score (nSPS) is 14.7. The second-order valence-corrected chi connectivity index (χ2v) is 9.96. The number of hydrogen-bond acceptors (Lipinski definition) is 6. The van der Waals surface area contributed by atoms with Crippen molar-refractivity contribution in [3.63, 3.8) is 0 Å². The first kappa shape index (κ1) is 20.7. The van der Waals surface area contributed by atoms with Crippen LogP contribution in [0.25, 0.3) is 16.9 Å². The van der Waals surface area contributed by atoms with E-state index in [1.807, 2.05) is 22.7 Å². The van der Waals surface area contributed by atoms with Crippen molar-refractivity contribution in [3.05, 3.63) is 78.1 Å². The van der Waals surface area contributed by atoms with Crippen LogP contribution in [0.2, 0.25) is 0 Å². The van der Waals surface area contributed by atoms with Gasteiger partial charge in [0.25, 0.3) is 0 Å². The van der Waals surface area contributed by atoms with Crippen LogP contribution in [0.4, 0.5) is 5.69 Å². The molecule has 0 spiro atoms. The third-order valence-corrected chi connectivity index (χ3v) is 6.79.